The Morgan fingerprint density at radius 2 is 1.88 bits per heavy atom. The fraction of sp³-hybridized carbons (Fsp3) is 0.571. The van der Waals surface area contributed by atoms with Crippen LogP contribution in [0.3, 0.4) is 0 Å². The van der Waals surface area contributed by atoms with Crippen LogP contribution in [-0.4, -0.2) is 18.8 Å². The first kappa shape index (κ1) is 11.6. The van der Waals surface area contributed by atoms with Crippen LogP contribution >= 0.6 is 0 Å². The Kier molecular flexibility index (Phi) is 4.37. The Bertz CT molecular complexity index is 299. The van der Waals surface area contributed by atoms with Crippen molar-refractivity contribution in [2.45, 2.75) is 44.2 Å². The number of nitrogens with two attached hydrogens (primary N) is 1. The Hall–Kier alpha value is -0.860. The lowest BCUT2D eigenvalue weighted by Gasteiger charge is -2.28. The molecular weight excluding hydrogens is 198 g/mol. The van der Waals surface area contributed by atoms with Gasteiger partial charge in [0.2, 0.25) is 0 Å². The third-order valence-corrected chi connectivity index (χ3v) is 3.32. The maximum Gasteiger partial charge on any atom is 0.0726 e. The standard InChI is InChI=1S/C14H21NO/c15-13-8-4-5-9-14(13)16-11-10-12-6-2-1-3-7-12/h1-3,6-7,13-14H,4-5,8-11,15H2/t13-,14-/m1/s1. The summed E-state index contributed by atoms with van der Waals surface area (Å²) in [4.78, 5) is 0. The average molecular weight is 219 g/mol. The van der Waals surface area contributed by atoms with Gasteiger partial charge in [-0.05, 0) is 24.8 Å². The first-order valence-electron chi connectivity index (χ1n) is 6.27. The zero-order chi connectivity index (χ0) is 11.2. The molecule has 0 bridgehead atoms. The van der Waals surface area contributed by atoms with Crippen molar-refractivity contribution in [2.24, 2.45) is 5.73 Å². The Morgan fingerprint density at radius 1 is 1.12 bits per heavy atom. The highest BCUT2D eigenvalue weighted by atomic mass is 16.5. The maximum absolute atomic E-state index is 6.03. The number of rotatable bonds is 4. The molecule has 16 heavy (non-hydrogen) atoms. The van der Waals surface area contributed by atoms with E-state index in [4.69, 9.17) is 10.5 Å². The molecule has 1 aromatic carbocycles. The highest BCUT2D eigenvalue weighted by molar-refractivity contribution is 5.14. The van der Waals surface area contributed by atoms with Gasteiger partial charge in [0.05, 0.1) is 12.7 Å². The van der Waals surface area contributed by atoms with Crippen LogP contribution in [-0.2, 0) is 11.2 Å². The Labute approximate surface area is 97.8 Å². The second kappa shape index (κ2) is 6.02. The van der Waals surface area contributed by atoms with Crippen LogP contribution in [0.2, 0.25) is 0 Å². The van der Waals surface area contributed by atoms with Gasteiger partial charge >= 0.3 is 0 Å². The summed E-state index contributed by atoms with van der Waals surface area (Å²) in [5.41, 5.74) is 7.37. The summed E-state index contributed by atoms with van der Waals surface area (Å²) in [6.07, 6.45) is 6.07. The van der Waals surface area contributed by atoms with E-state index < -0.39 is 0 Å². The van der Waals surface area contributed by atoms with Gasteiger partial charge in [-0.2, -0.15) is 0 Å². The molecule has 2 atom stereocenters. The summed E-state index contributed by atoms with van der Waals surface area (Å²) in [5, 5.41) is 0. The lowest BCUT2D eigenvalue weighted by atomic mass is 9.93. The van der Waals surface area contributed by atoms with Crippen molar-refractivity contribution in [2.75, 3.05) is 6.61 Å². The summed E-state index contributed by atoms with van der Waals surface area (Å²) in [5.74, 6) is 0. The first-order chi connectivity index (χ1) is 7.86. The zero-order valence-electron chi connectivity index (χ0n) is 9.77. The molecule has 0 radical (unpaired) electrons. The van der Waals surface area contributed by atoms with Gasteiger partial charge in [-0.3, -0.25) is 0 Å². The van der Waals surface area contributed by atoms with Crippen LogP contribution < -0.4 is 5.73 Å². The van der Waals surface area contributed by atoms with Gasteiger partial charge in [0, 0.05) is 6.04 Å². The average Bonchev–Trinajstić information content (AvgIpc) is 2.33. The summed E-state index contributed by atoms with van der Waals surface area (Å²) >= 11 is 0. The normalized spacial score (nSPS) is 25.6. The quantitative estimate of drug-likeness (QED) is 0.844. The van der Waals surface area contributed by atoms with E-state index in [0.717, 1.165) is 25.9 Å². The lowest BCUT2D eigenvalue weighted by Crippen LogP contribution is -2.39. The molecule has 0 saturated heterocycles. The minimum atomic E-state index is 0.254. The van der Waals surface area contributed by atoms with Crippen LogP contribution in [0.1, 0.15) is 31.2 Å². The zero-order valence-corrected chi connectivity index (χ0v) is 9.77. The molecule has 2 heteroatoms. The van der Waals surface area contributed by atoms with Crippen LogP contribution in [0.25, 0.3) is 0 Å². The molecule has 2 nitrogen and oxygen atoms in total. The largest absolute Gasteiger partial charge is 0.376 e. The van der Waals surface area contributed by atoms with Crippen molar-refractivity contribution in [3.63, 3.8) is 0 Å². The van der Waals surface area contributed by atoms with Crippen LogP contribution in [0.4, 0.5) is 0 Å². The molecule has 88 valence electrons. The maximum atomic E-state index is 6.03. The van der Waals surface area contributed by atoms with Gasteiger partial charge in [-0.1, -0.05) is 43.2 Å². The summed E-state index contributed by atoms with van der Waals surface area (Å²) in [6.45, 7) is 0.794. The molecular formula is C14H21NO. The van der Waals surface area contributed by atoms with Crippen molar-refractivity contribution in [1.82, 2.24) is 0 Å². The van der Waals surface area contributed by atoms with E-state index in [9.17, 15) is 0 Å². The molecule has 0 aliphatic heterocycles. The minimum Gasteiger partial charge on any atom is -0.376 e. The highest BCUT2D eigenvalue weighted by Gasteiger charge is 2.21. The molecule has 0 unspecified atom stereocenters. The molecule has 2 rings (SSSR count). The highest BCUT2D eigenvalue weighted by Crippen LogP contribution is 2.19. The van der Waals surface area contributed by atoms with E-state index in [0.29, 0.717) is 0 Å². The van der Waals surface area contributed by atoms with E-state index in [-0.39, 0.29) is 12.1 Å². The molecule has 1 saturated carbocycles. The van der Waals surface area contributed by atoms with Crippen molar-refractivity contribution >= 4 is 0 Å². The molecule has 0 aromatic heterocycles. The predicted molar refractivity (Wildman–Crippen MR) is 66.3 cm³/mol. The fourth-order valence-corrected chi connectivity index (χ4v) is 2.31. The second-order valence-corrected chi connectivity index (χ2v) is 4.59. The number of ether oxygens (including phenoxy) is 1. The molecule has 0 spiro atoms. The molecule has 1 aliphatic rings. The van der Waals surface area contributed by atoms with Crippen LogP contribution in [0.15, 0.2) is 30.3 Å². The van der Waals surface area contributed by atoms with E-state index in [1.807, 2.05) is 6.07 Å². The van der Waals surface area contributed by atoms with E-state index in [2.05, 4.69) is 24.3 Å². The third kappa shape index (κ3) is 3.32. The van der Waals surface area contributed by atoms with Gasteiger partial charge < -0.3 is 10.5 Å². The van der Waals surface area contributed by atoms with Crippen molar-refractivity contribution in [3.05, 3.63) is 35.9 Å². The Balaban J connectivity index is 1.71. The monoisotopic (exact) mass is 219 g/mol. The minimum absolute atomic E-state index is 0.254. The van der Waals surface area contributed by atoms with E-state index in [1.165, 1.54) is 18.4 Å². The predicted octanol–water partition coefficient (Wildman–Crippen LogP) is 2.52. The van der Waals surface area contributed by atoms with Gasteiger partial charge in [0.15, 0.2) is 0 Å². The molecule has 0 heterocycles. The second-order valence-electron chi connectivity index (χ2n) is 4.59. The van der Waals surface area contributed by atoms with Gasteiger partial charge in [0.25, 0.3) is 0 Å². The number of hydrogen-bond donors (Lipinski definition) is 1. The summed E-state index contributed by atoms with van der Waals surface area (Å²) in [6, 6.07) is 10.7. The van der Waals surface area contributed by atoms with Gasteiger partial charge in [-0.15, -0.1) is 0 Å². The van der Waals surface area contributed by atoms with Crippen LogP contribution in [0.5, 0.6) is 0 Å². The van der Waals surface area contributed by atoms with Crippen molar-refractivity contribution < 1.29 is 4.74 Å². The van der Waals surface area contributed by atoms with Gasteiger partial charge in [-0.25, -0.2) is 0 Å². The Morgan fingerprint density at radius 3 is 2.62 bits per heavy atom. The fourth-order valence-electron chi connectivity index (χ4n) is 2.31. The summed E-state index contributed by atoms with van der Waals surface area (Å²) in [7, 11) is 0. The molecule has 1 fully saturated rings. The van der Waals surface area contributed by atoms with Gasteiger partial charge in [0.1, 0.15) is 0 Å². The molecule has 2 N–H and O–H groups in total. The van der Waals surface area contributed by atoms with E-state index >= 15 is 0 Å². The molecule has 1 aromatic rings. The SMILES string of the molecule is N[C@@H]1CCCC[C@H]1OCCc1ccccc1. The number of hydrogen-bond acceptors (Lipinski definition) is 2. The van der Waals surface area contributed by atoms with Crippen LogP contribution in [0, 0.1) is 0 Å². The topological polar surface area (TPSA) is 35.2 Å². The van der Waals surface area contributed by atoms with E-state index in [1.54, 1.807) is 0 Å². The smallest absolute Gasteiger partial charge is 0.0726 e. The van der Waals surface area contributed by atoms with Crippen molar-refractivity contribution in [3.8, 4) is 0 Å². The molecule has 1 aliphatic carbocycles. The first-order valence-corrected chi connectivity index (χ1v) is 6.27. The number of benzene rings is 1. The summed E-state index contributed by atoms with van der Waals surface area (Å²) < 4.78 is 5.87. The third-order valence-electron chi connectivity index (χ3n) is 3.32. The molecule has 0 amide bonds. The lowest BCUT2D eigenvalue weighted by molar-refractivity contribution is 0.0169. The van der Waals surface area contributed by atoms with Crippen molar-refractivity contribution in [1.29, 1.82) is 0 Å².